The Kier molecular flexibility index (Phi) is 7.11. The summed E-state index contributed by atoms with van der Waals surface area (Å²) >= 11 is 3.45. The molecule has 0 bridgehead atoms. The number of methoxy groups -OCH3 is 1. The van der Waals surface area contributed by atoms with Crippen LogP contribution in [0.3, 0.4) is 0 Å². The SMILES string of the molecule is CC1(C)OB(C2=CCCCC2)OC1(C)C.COC(=O)c1ccc(Br)c2ccccc12. The first-order chi connectivity index (χ1) is 14.2. The van der Waals surface area contributed by atoms with Gasteiger partial charge in [0.2, 0.25) is 0 Å². The molecule has 2 aliphatic rings. The Labute approximate surface area is 188 Å². The quantitative estimate of drug-likeness (QED) is 0.369. The van der Waals surface area contributed by atoms with Crippen LogP contribution in [0.4, 0.5) is 0 Å². The van der Waals surface area contributed by atoms with Gasteiger partial charge in [0.1, 0.15) is 0 Å². The molecule has 0 spiro atoms. The molecule has 1 fully saturated rings. The van der Waals surface area contributed by atoms with E-state index in [1.807, 2.05) is 30.3 Å². The minimum Gasteiger partial charge on any atom is -0.465 e. The highest BCUT2D eigenvalue weighted by Crippen LogP contribution is 2.40. The molecule has 1 aliphatic carbocycles. The number of esters is 1. The molecule has 0 amide bonds. The molecule has 1 heterocycles. The maximum atomic E-state index is 11.5. The second-order valence-corrected chi connectivity index (χ2v) is 9.60. The van der Waals surface area contributed by atoms with Crippen molar-refractivity contribution in [2.45, 2.75) is 64.6 Å². The number of halogens is 1. The molecule has 1 saturated heterocycles. The van der Waals surface area contributed by atoms with Gasteiger partial charge in [0.25, 0.3) is 0 Å². The minimum atomic E-state index is -0.307. The van der Waals surface area contributed by atoms with Gasteiger partial charge in [0.15, 0.2) is 0 Å². The second-order valence-electron chi connectivity index (χ2n) is 8.75. The largest absolute Gasteiger partial charge is 0.490 e. The van der Waals surface area contributed by atoms with Crippen molar-refractivity contribution in [3.05, 3.63) is 58.0 Å². The molecule has 2 aromatic rings. The van der Waals surface area contributed by atoms with E-state index in [1.165, 1.54) is 31.8 Å². The van der Waals surface area contributed by atoms with E-state index in [1.54, 1.807) is 6.07 Å². The summed E-state index contributed by atoms with van der Waals surface area (Å²) in [6.45, 7) is 8.43. The summed E-state index contributed by atoms with van der Waals surface area (Å²) in [5.41, 5.74) is 1.54. The molecule has 0 atom stereocenters. The molecule has 0 aromatic heterocycles. The van der Waals surface area contributed by atoms with Crippen LogP contribution in [0.15, 0.2) is 52.4 Å². The molecule has 1 aliphatic heterocycles. The third-order valence-electron chi connectivity index (χ3n) is 6.16. The van der Waals surface area contributed by atoms with Gasteiger partial charge in [-0.1, -0.05) is 46.3 Å². The van der Waals surface area contributed by atoms with Crippen LogP contribution in [-0.2, 0) is 14.0 Å². The Morgan fingerprint density at radius 1 is 1.00 bits per heavy atom. The Bertz CT molecular complexity index is 935. The summed E-state index contributed by atoms with van der Waals surface area (Å²) in [5.74, 6) is -0.307. The van der Waals surface area contributed by atoms with E-state index in [4.69, 9.17) is 14.0 Å². The molecule has 0 N–H and O–H groups in total. The van der Waals surface area contributed by atoms with E-state index >= 15 is 0 Å². The molecule has 0 unspecified atom stereocenters. The third-order valence-corrected chi connectivity index (χ3v) is 6.85. The van der Waals surface area contributed by atoms with E-state index in [9.17, 15) is 4.79 Å². The fourth-order valence-electron chi connectivity index (χ4n) is 3.62. The fourth-order valence-corrected chi connectivity index (χ4v) is 4.10. The topological polar surface area (TPSA) is 44.8 Å². The van der Waals surface area contributed by atoms with Crippen LogP contribution in [0, 0.1) is 0 Å². The molecule has 160 valence electrons. The average molecular weight is 473 g/mol. The van der Waals surface area contributed by atoms with Crippen LogP contribution in [-0.4, -0.2) is 31.4 Å². The summed E-state index contributed by atoms with van der Waals surface area (Å²) in [5, 5.41) is 1.92. The number of hydrogen-bond acceptors (Lipinski definition) is 4. The number of carbonyl (C=O) groups is 1. The molecule has 6 heteroatoms. The zero-order valence-corrected chi connectivity index (χ0v) is 20.0. The Balaban J connectivity index is 0.000000171. The van der Waals surface area contributed by atoms with Crippen LogP contribution in [0.2, 0.25) is 0 Å². The number of fused-ring (bicyclic) bond motifs is 1. The van der Waals surface area contributed by atoms with Gasteiger partial charge in [-0.05, 0) is 81.8 Å². The van der Waals surface area contributed by atoms with E-state index in [0.29, 0.717) is 5.56 Å². The van der Waals surface area contributed by atoms with Gasteiger partial charge in [-0.2, -0.15) is 0 Å². The van der Waals surface area contributed by atoms with Crippen molar-refractivity contribution >= 4 is 39.8 Å². The number of hydrogen-bond donors (Lipinski definition) is 0. The van der Waals surface area contributed by atoms with Crippen molar-refractivity contribution in [3.63, 3.8) is 0 Å². The van der Waals surface area contributed by atoms with E-state index in [0.717, 1.165) is 21.7 Å². The Morgan fingerprint density at radius 3 is 2.20 bits per heavy atom. The van der Waals surface area contributed by atoms with Gasteiger partial charge in [0, 0.05) is 4.47 Å². The van der Waals surface area contributed by atoms with Crippen LogP contribution < -0.4 is 0 Å². The molecule has 4 rings (SSSR count). The zero-order valence-electron chi connectivity index (χ0n) is 18.5. The molecule has 2 aromatic carbocycles. The lowest BCUT2D eigenvalue weighted by Gasteiger charge is -2.32. The predicted molar refractivity (Wildman–Crippen MR) is 126 cm³/mol. The molecule has 30 heavy (non-hydrogen) atoms. The number of allylic oxidation sites excluding steroid dienone is 2. The Hall–Kier alpha value is -1.63. The number of carbonyl (C=O) groups excluding carboxylic acids is 1. The van der Waals surface area contributed by atoms with E-state index in [-0.39, 0.29) is 24.3 Å². The highest BCUT2D eigenvalue weighted by molar-refractivity contribution is 9.10. The summed E-state index contributed by atoms with van der Waals surface area (Å²) in [4.78, 5) is 11.5. The lowest BCUT2D eigenvalue weighted by molar-refractivity contribution is 0.00578. The molecular weight excluding hydrogens is 443 g/mol. The first kappa shape index (κ1) is 23.0. The van der Waals surface area contributed by atoms with Crippen LogP contribution >= 0.6 is 15.9 Å². The normalized spacial score (nSPS) is 19.7. The summed E-state index contributed by atoms with van der Waals surface area (Å²) in [6, 6.07) is 11.3. The van der Waals surface area contributed by atoms with Crippen molar-refractivity contribution < 1.29 is 18.8 Å². The smallest absolute Gasteiger partial charge is 0.465 e. The van der Waals surface area contributed by atoms with Crippen LogP contribution in [0.1, 0.15) is 63.7 Å². The zero-order chi connectivity index (χ0) is 21.9. The van der Waals surface area contributed by atoms with Crippen molar-refractivity contribution in [1.29, 1.82) is 0 Å². The summed E-state index contributed by atoms with van der Waals surface area (Å²) in [7, 11) is 1.29. The predicted octanol–water partition coefficient (Wildman–Crippen LogP) is 6.51. The highest BCUT2D eigenvalue weighted by atomic mass is 79.9. The van der Waals surface area contributed by atoms with Crippen molar-refractivity contribution in [1.82, 2.24) is 0 Å². The van der Waals surface area contributed by atoms with Gasteiger partial charge in [0.05, 0.1) is 23.9 Å². The fraction of sp³-hybridized carbons (Fsp3) is 0.458. The maximum Gasteiger partial charge on any atom is 0.490 e. The number of benzene rings is 2. The van der Waals surface area contributed by atoms with Crippen molar-refractivity contribution in [2.24, 2.45) is 0 Å². The van der Waals surface area contributed by atoms with Gasteiger partial charge >= 0.3 is 13.1 Å². The lowest BCUT2D eigenvalue weighted by atomic mass is 9.73. The van der Waals surface area contributed by atoms with Crippen molar-refractivity contribution in [2.75, 3.05) is 7.11 Å². The van der Waals surface area contributed by atoms with E-state index in [2.05, 4.69) is 49.7 Å². The van der Waals surface area contributed by atoms with Gasteiger partial charge in [-0.25, -0.2) is 4.79 Å². The van der Waals surface area contributed by atoms with Crippen molar-refractivity contribution in [3.8, 4) is 0 Å². The van der Waals surface area contributed by atoms with E-state index < -0.39 is 0 Å². The number of ether oxygens (including phenoxy) is 1. The monoisotopic (exact) mass is 472 g/mol. The molecular formula is C24H30BBrO4. The molecule has 0 saturated carbocycles. The summed E-state index contributed by atoms with van der Waals surface area (Å²) in [6.07, 6.45) is 7.20. The standard InChI is InChI=1S/C12H21BO2.C12H9BrO2/c1-11(2)12(3,4)15-13(14-11)10-8-6-5-7-9-10;1-15-12(14)10-6-7-11(13)9-5-3-2-4-8(9)10/h8H,5-7,9H2,1-4H3;2-7H,1H3. The first-order valence-corrected chi connectivity index (χ1v) is 11.3. The van der Waals surface area contributed by atoms with Gasteiger partial charge < -0.3 is 14.0 Å². The Morgan fingerprint density at radius 2 is 1.63 bits per heavy atom. The maximum absolute atomic E-state index is 11.5. The average Bonchev–Trinajstić information content (AvgIpc) is 2.96. The highest BCUT2D eigenvalue weighted by Gasteiger charge is 2.52. The lowest BCUT2D eigenvalue weighted by Crippen LogP contribution is -2.41. The number of rotatable bonds is 2. The molecule has 0 radical (unpaired) electrons. The van der Waals surface area contributed by atoms with Gasteiger partial charge in [-0.3, -0.25) is 0 Å². The minimum absolute atomic E-state index is 0.102. The first-order valence-electron chi connectivity index (χ1n) is 10.5. The molecule has 4 nitrogen and oxygen atoms in total. The van der Waals surface area contributed by atoms with Gasteiger partial charge in [-0.15, -0.1) is 0 Å². The van der Waals surface area contributed by atoms with Crippen LogP contribution in [0.25, 0.3) is 10.8 Å². The van der Waals surface area contributed by atoms with Crippen LogP contribution in [0.5, 0.6) is 0 Å². The summed E-state index contributed by atoms with van der Waals surface area (Å²) < 4.78 is 17.7. The third kappa shape index (κ3) is 4.82. The second kappa shape index (κ2) is 9.25.